The highest BCUT2D eigenvalue weighted by atomic mass is 32.2. The first-order valence-corrected chi connectivity index (χ1v) is 9.34. The number of aromatic hydroxyl groups is 1. The molecule has 120 valence electrons. The van der Waals surface area contributed by atoms with Gasteiger partial charge in [-0.1, -0.05) is 35.2 Å². The van der Waals surface area contributed by atoms with E-state index < -0.39 is 0 Å². The Kier molecular flexibility index (Phi) is 4.61. The molecule has 1 aromatic heterocycles. The van der Waals surface area contributed by atoms with Crippen LogP contribution in [0.1, 0.15) is 23.5 Å². The largest absolute Gasteiger partial charge is 0.493 e. The number of nitrogens with zero attached hydrogens (tertiary/aromatic N) is 2. The van der Waals surface area contributed by atoms with Crippen molar-refractivity contribution >= 4 is 46.8 Å². The monoisotopic (exact) mass is 364 g/mol. The summed E-state index contributed by atoms with van der Waals surface area (Å²) in [6.45, 7) is 5.26. The van der Waals surface area contributed by atoms with Gasteiger partial charge in [0.2, 0.25) is 11.7 Å². The van der Waals surface area contributed by atoms with Gasteiger partial charge < -0.3 is 10.0 Å². The van der Waals surface area contributed by atoms with E-state index >= 15 is 0 Å². The summed E-state index contributed by atoms with van der Waals surface area (Å²) in [5.41, 5.74) is 1.11. The molecule has 0 unspecified atom stereocenters. The normalized spacial score (nSPS) is 15.2. The number of rotatable bonds is 4. The molecule has 0 aliphatic carbocycles. The molecule has 23 heavy (non-hydrogen) atoms. The van der Waals surface area contributed by atoms with Gasteiger partial charge in [-0.05, 0) is 38.2 Å². The van der Waals surface area contributed by atoms with Gasteiger partial charge in [-0.25, -0.2) is 0 Å². The van der Waals surface area contributed by atoms with Crippen LogP contribution in [-0.2, 0) is 6.54 Å². The minimum absolute atomic E-state index is 0.0343. The molecule has 7 heteroatoms. The van der Waals surface area contributed by atoms with E-state index in [0.717, 1.165) is 33.5 Å². The third kappa shape index (κ3) is 2.84. The molecule has 1 aliphatic heterocycles. The van der Waals surface area contributed by atoms with Gasteiger partial charge in [0, 0.05) is 24.1 Å². The number of thiazole rings is 1. The Morgan fingerprint density at radius 3 is 2.70 bits per heavy atom. The Bertz CT molecular complexity index is 851. The molecule has 0 radical (unpaired) electrons. The predicted molar refractivity (Wildman–Crippen MR) is 98.2 cm³/mol. The Morgan fingerprint density at radius 1 is 1.30 bits per heavy atom. The lowest BCUT2D eigenvalue weighted by Crippen LogP contribution is -2.17. The Balaban J connectivity index is 1.96. The van der Waals surface area contributed by atoms with E-state index in [0.29, 0.717) is 15.4 Å². The molecule has 1 aromatic carbocycles. The number of fused-ring (bicyclic) bond motifs is 1. The van der Waals surface area contributed by atoms with Gasteiger partial charge >= 0.3 is 0 Å². The van der Waals surface area contributed by atoms with Crippen molar-refractivity contribution in [3.63, 3.8) is 0 Å². The van der Waals surface area contributed by atoms with Gasteiger partial charge in [-0.3, -0.25) is 9.36 Å². The molecule has 0 saturated carbocycles. The maximum atomic E-state index is 12.6. The zero-order valence-electron chi connectivity index (χ0n) is 12.8. The average molecular weight is 365 g/mol. The molecule has 0 amide bonds. The smallest absolute Gasteiger partial charge is 0.214 e. The number of benzene rings is 1. The van der Waals surface area contributed by atoms with Crippen molar-refractivity contribution in [3.8, 4) is 5.88 Å². The van der Waals surface area contributed by atoms with Crippen LogP contribution in [0.25, 0.3) is 0 Å². The second kappa shape index (κ2) is 6.51. The summed E-state index contributed by atoms with van der Waals surface area (Å²) in [7, 11) is 0. The second-order valence-electron chi connectivity index (χ2n) is 4.93. The summed E-state index contributed by atoms with van der Waals surface area (Å²) in [5, 5.41) is 11.1. The highest BCUT2D eigenvalue weighted by molar-refractivity contribution is 8.03. The van der Waals surface area contributed by atoms with Crippen molar-refractivity contribution in [2.24, 2.45) is 0 Å². The molecular formula is C16H16N2O2S3. The SMILES string of the molecule is CCN1/C(=C/C(=O)c2sc(=S)n(CC)c2O)Sc2ccccc21. The molecule has 0 fully saturated rings. The lowest BCUT2D eigenvalue weighted by Gasteiger charge is -2.17. The molecule has 3 rings (SSSR count). The molecular weight excluding hydrogens is 348 g/mol. The Hall–Kier alpha value is -1.57. The van der Waals surface area contributed by atoms with Crippen molar-refractivity contribution in [3.05, 3.63) is 44.2 Å². The first-order chi connectivity index (χ1) is 11.1. The van der Waals surface area contributed by atoms with Gasteiger partial charge in [-0.2, -0.15) is 0 Å². The van der Waals surface area contributed by atoms with E-state index in [-0.39, 0.29) is 11.7 Å². The first-order valence-electron chi connectivity index (χ1n) is 7.29. The van der Waals surface area contributed by atoms with E-state index in [1.807, 2.05) is 31.2 Å². The third-order valence-corrected chi connectivity index (χ3v) is 6.18. The summed E-state index contributed by atoms with van der Waals surface area (Å²) >= 11 is 7.92. The van der Waals surface area contributed by atoms with Crippen molar-refractivity contribution in [2.45, 2.75) is 25.3 Å². The number of anilines is 1. The van der Waals surface area contributed by atoms with E-state index in [2.05, 4.69) is 11.8 Å². The molecule has 0 bridgehead atoms. The molecule has 2 heterocycles. The van der Waals surface area contributed by atoms with Gasteiger partial charge in [-0.15, -0.1) is 0 Å². The maximum Gasteiger partial charge on any atom is 0.214 e. The zero-order chi connectivity index (χ0) is 16.6. The number of carbonyl (C=O) groups is 1. The van der Waals surface area contributed by atoms with Gasteiger partial charge in [0.25, 0.3) is 0 Å². The highest BCUT2D eigenvalue weighted by Crippen LogP contribution is 2.45. The summed E-state index contributed by atoms with van der Waals surface area (Å²) < 4.78 is 2.08. The van der Waals surface area contributed by atoms with Crippen LogP contribution in [0.2, 0.25) is 0 Å². The molecule has 1 aliphatic rings. The Morgan fingerprint density at radius 2 is 2.04 bits per heavy atom. The number of aromatic nitrogens is 1. The fraction of sp³-hybridized carbons (Fsp3) is 0.250. The van der Waals surface area contributed by atoms with Crippen LogP contribution in [0, 0.1) is 3.95 Å². The highest BCUT2D eigenvalue weighted by Gasteiger charge is 2.25. The fourth-order valence-electron chi connectivity index (χ4n) is 2.50. The number of carbonyl (C=O) groups excluding carboxylic acids is 1. The van der Waals surface area contributed by atoms with Crippen molar-refractivity contribution in [1.82, 2.24) is 4.57 Å². The van der Waals surface area contributed by atoms with Crippen molar-refractivity contribution < 1.29 is 9.90 Å². The van der Waals surface area contributed by atoms with Crippen molar-refractivity contribution in [2.75, 3.05) is 11.4 Å². The van der Waals surface area contributed by atoms with Crippen LogP contribution < -0.4 is 4.90 Å². The van der Waals surface area contributed by atoms with Gasteiger partial charge in [0.15, 0.2) is 3.95 Å². The summed E-state index contributed by atoms with van der Waals surface area (Å²) in [6, 6.07) is 8.07. The van der Waals surface area contributed by atoms with Crippen molar-refractivity contribution in [1.29, 1.82) is 0 Å². The first kappa shape index (κ1) is 16.3. The van der Waals surface area contributed by atoms with E-state index in [4.69, 9.17) is 12.2 Å². The van der Waals surface area contributed by atoms with Crippen LogP contribution in [0.15, 0.2) is 40.3 Å². The van der Waals surface area contributed by atoms with E-state index in [9.17, 15) is 9.90 Å². The maximum absolute atomic E-state index is 12.6. The van der Waals surface area contributed by atoms with Crippen LogP contribution in [-0.4, -0.2) is 22.0 Å². The summed E-state index contributed by atoms with van der Waals surface area (Å²) in [4.78, 5) is 16.1. The molecule has 2 aromatic rings. The quantitative estimate of drug-likeness (QED) is 0.486. The molecule has 0 saturated heterocycles. The molecule has 1 N–H and O–H groups in total. The molecule has 4 nitrogen and oxygen atoms in total. The number of ketones is 1. The number of hydrogen-bond acceptors (Lipinski definition) is 6. The number of thioether (sulfide) groups is 1. The minimum Gasteiger partial charge on any atom is -0.493 e. The molecule has 0 spiro atoms. The van der Waals surface area contributed by atoms with Crippen LogP contribution in [0.5, 0.6) is 5.88 Å². The number of para-hydroxylation sites is 1. The average Bonchev–Trinajstić information content (AvgIpc) is 3.03. The van der Waals surface area contributed by atoms with E-state index in [1.165, 1.54) is 0 Å². The van der Waals surface area contributed by atoms with Crippen LogP contribution >= 0.6 is 35.3 Å². The van der Waals surface area contributed by atoms with Crippen LogP contribution in [0.3, 0.4) is 0 Å². The summed E-state index contributed by atoms with van der Waals surface area (Å²) in [5.74, 6) is -0.243. The minimum atomic E-state index is -0.209. The topological polar surface area (TPSA) is 45.5 Å². The van der Waals surface area contributed by atoms with E-state index in [1.54, 1.807) is 22.4 Å². The second-order valence-corrected chi connectivity index (χ2v) is 7.63. The summed E-state index contributed by atoms with van der Waals surface area (Å²) in [6.07, 6.45) is 1.59. The number of allylic oxidation sites excluding steroid dienone is 1. The van der Waals surface area contributed by atoms with Gasteiger partial charge in [0.1, 0.15) is 4.88 Å². The van der Waals surface area contributed by atoms with Gasteiger partial charge in [0.05, 0.1) is 10.7 Å². The standard InChI is InChI=1S/C16H16N2O2S3/c1-3-17-10-7-5-6-8-12(10)22-13(17)9-11(19)14-15(20)18(4-2)16(21)23-14/h5-9,20H,3-4H2,1-2H3/b13-9-. The predicted octanol–water partition coefficient (Wildman–Crippen LogP) is 4.66. The number of hydrogen-bond donors (Lipinski definition) is 1. The lowest BCUT2D eigenvalue weighted by atomic mass is 10.3. The molecule has 0 atom stereocenters. The lowest BCUT2D eigenvalue weighted by molar-refractivity contribution is 0.104. The van der Waals surface area contributed by atoms with Crippen LogP contribution in [0.4, 0.5) is 5.69 Å². The Labute approximate surface area is 148 Å². The zero-order valence-corrected chi connectivity index (χ0v) is 15.2. The third-order valence-electron chi connectivity index (χ3n) is 3.62. The fourth-order valence-corrected chi connectivity index (χ4v) is 4.99.